The first kappa shape index (κ1) is 27.5. The van der Waals surface area contributed by atoms with Crippen molar-refractivity contribution in [1.29, 1.82) is 0 Å². The first-order valence-corrected chi connectivity index (χ1v) is 15.0. The summed E-state index contributed by atoms with van der Waals surface area (Å²) in [5.74, 6) is 1.49. The largest absolute Gasteiger partial charge is 0.459 e. The Morgan fingerprint density at radius 2 is 1.77 bits per heavy atom. The molecule has 6 rings (SSSR count). The number of hydrogen-bond acceptors (Lipinski definition) is 7. The number of rotatable bonds is 4. The van der Waals surface area contributed by atoms with Gasteiger partial charge in [-0.3, -0.25) is 4.79 Å². The third-order valence-electron chi connectivity index (χ3n) is 11.6. The summed E-state index contributed by atoms with van der Waals surface area (Å²) in [6, 6.07) is 0. The Balaban J connectivity index is 1.30. The number of fused-ring (bicyclic) bond motifs is 7. The molecule has 4 aliphatic carbocycles. The number of hydrogen-bond donors (Lipinski definition) is 1. The van der Waals surface area contributed by atoms with E-state index in [-0.39, 0.29) is 58.8 Å². The molecular formula is C31H47NO7. The minimum atomic E-state index is -0.395. The van der Waals surface area contributed by atoms with Crippen LogP contribution in [0.1, 0.15) is 73.6 Å². The topological polar surface area (TPSA) is 95.6 Å². The smallest absolute Gasteiger partial charge is 0.407 e. The number of nitrogens with one attached hydrogen (secondary N) is 1. The van der Waals surface area contributed by atoms with E-state index in [0.717, 1.165) is 38.9 Å². The van der Waals surface area contributed by atoms with E-state index in [2.05, 4.69) is 46.0 Å². The zero-order chi connectivity index (χ0) is 27.9. The van der Waals surface area contributed by atoms with Gasteiger partial charge in [0.05, 0.1) is 19.3 Å². The molecule has 2 saturated heterocycles. The normalized spacial score (nSPS) is 46.9. The molecule has 1 N–H and O–H groups in total. The number of alkyl carbamates (subject to hydrolysis) is 1. The van der Waals surface area contributed by atoms with Gasteiger partial charge in [0.2, 0.25) is 0 Å². The molecule has 0 radical (unpaired) electrons. The fraction of sp³-hybridized carbons (Fsp3) is 0.871. The van der Waals surface area contributed by atoms with Gasteiger partial charge in [-0.05, 0) is 54.9 Å². The number of esters is 1. The van der Waals surface area contributed by atoms with Crippen molar-refractivity contribution in [2.75, 3.05) is 20.3 Å². The molecule has 218 valence electrons. The molecule has 39 heavy (non-hydrogen) atoms. The number of amides is 1. The van der Waals surface area contributed by atoms with Crippen LogP contribution in [0, 0.1) is 45.8 Å². The van der Waals surface area contributed by atoms with Gasteiger partial charge in [0.1, 0.15) is 18.3 Å². The van der Waals surface area contributed by atoms with Crippen molar-refractivity contribution >= 4 is 12.1 Å². The number of ether oxygens (including phenoxy) is 5. The fourth-order valence-electron chi connectivity index (χ4n) is 9.70. The molecule has 8 heteroatoms. The average Bonchev–Trinajstić information content (AvgIpc) is 3.61. The number of carbonyl (C=O) groups is 2. The molecule has 5 fully saturated rings. The first-order valence-electron chi connectivity index (χ1n) is 15.0. The van der Waals surface area contributed by atoms with E-state index in [1.54, 1.807) is 7.05 Å². The highest BCUT2D eigenvalue weighted by Gasteiger charge is 2.70. The highest BCUT2D eigenvalue weighted by atomic mass is 16.7. The van der Waals surface area contributed by atoms with Gasteiger partial charge in [-0.1, -0.05) is 40.2 Å². The van der Waals surface area contributed by atoms with Gasteiger partial charge < -0.3 is 29.0 Å². The van der Waals surface area contributed by atoms with Crippen LogP contribution in [-0.4, -0.2) is 63.0 Å². The summed E-state index contributed by atoms with van der Waals surface area (Å²) in [6.45, 7) is 14.4. The van der Waals surface area contributed by atoms with Gasteiger partial charge in [-0.2, -0.15) is 0 Å². The maximum atomic E-state index is 12.6. The molecular weight excluding hydrogens is 498 g/mol. The second-order valence-electron chi connectivity index (χ2n) is 14.5. The summed E-state index contributed by atoms with van der Waals surface area (Å²) in [5.41, 5.74) is 1.26. The van der Waals surface area contributed by atoms with E-state index < -0.39 is 6.09 Å². The average molecular weight is 546 g/mol. The molecule has 0 aromatic heterocycles. The second-order valence-corrected chi connectivity index (χ2v) is 14.5. The standard InChI is InChI=1S/C31H47NO7/c1-16(27-35-14-29(3,4)15-36-27)19-8-9-20-24-21(10-11-30(19,20)5)31(6)18(12-22(24)38-28(34)32-7)13-23(37-17(2)33)25-26(31)39-25/h12,16,19-27H,8-11,13-15H2,1-7H3,(H,32,34)/t16?,19-,20+,21+,22?,23?,24+,25?,26?,30-,31+/m1/s1. The molecule has 1 amide bonds. The van der Waals surface area contributed by atoms with E-state index >= 15 is 0 Å². The van der Waals surface area contributed by atoms with Gasteiger partial charge in [0, 0.05) is 43.1 Å². The molecule has 5 unspecified atom stereocenters. The summed E-state index contributed by atoms with van der Waals surface area (Å²) in [7, 11) is 1.61. The maximum Gasteiger partial charge on any atom is 0.407 e. The van der Waals surface area contributed by atoms with Gasteiger partial charge >= 0.3 is 12.1 Å². The van der Waals surface area contributed by atoms with E-state index in [1.165, 1.54) is 12.5 Å². The van der Waals surface area contributed by atoms with E-state index in [0.29, 0.717) is 30.1 Å². The molecule has 2 aliphatic heterocycles. The molecule has 0 aromatic carbocycles. The highest BCUT2D eigenvalue weighted by molar-refractivity contribution is 5.67. The Hall–Kier alpha value is -1.64. The maximum absolute atomic E-state index is 12.6. The SMILES string of the molecule is CNC(=O)OC1C=C2CC(OC(C)=O)C3OC3[C@]2(C)[C@H]2CC[C@]3(C)[C@@H](C(C)C4OCC(C)(C)CO4)CC[C@H]3[C@H]12. The predicted molar refractivity (Wildman–Crippen MR) is 144 cm³/mol. The lowest BCUT2D eigenvalue weighted by Crippen LogP contribution is -2.58. The van der Waals surface area contributed by atoms with Crippen molar-refractivity contribution in [2.24, 2.45) is 45.8 Å². The third-order valence-corrected chi connectivity index (χ3v) is 11.6. The molecule has 6 aliphatic rings. The summed E-state index contributed by atoms with van der Waals surface area (Å²) in [4.78, 5) is 24.4. The lowest BCUT2D eigenvalue weighted by atomic mass is 9.46. The summed E-state index contributed by atoms with van der Waals surface area (Å²) >= 11 is 0. The molecule has 2 heterocycles. The Labute approximate surface area is 232 Å². The molecule has 3 saturated carbocycles. The predicted octanol–water partition coefficient (Wildman–Crippen LogP) is 4.85. The Morgan fingerprint density at radius 1 is 1.05 bits per heavy atom. The van der Waals surface area contributed by atoms with Crippen LogP contribution in [-0.2, 0) is 28.5 Å². The van der Waals surface area contributed by atoms with Gasteiger partial charge in [-0.25, -0.2) is 4.79 Å². The van der Waals surface area contributed by atoms with Gasteiger partial charge in [-0.15, -0.1) is 0 Å². The fourth-order valence-corrected chi connectivity index (χ4v) is 9.70. The van der Waals surface area contributed by atoms with Crippen LogP contribution in [0.15, 0.2) is 11.6 Å². The minimum absolute atomic E-state index is 0.0392. The van der Waals surface area contributed by atoms with Crippen LogP contribution in [0.2, 0.25) is 0 Å². The van der Waals surface area contributed by atoms with E-state index in [1.807, 2.05) is 0 Å². The van der Waals surface area contributed by atoms with Crippen LogP contribution in [0.5, 0.6) is 0 Å². The highest BCUT2D eigenvalue weighted by Crippen LogP contribution is 2.70. The third kappa shape index (κ3) is 4.35. The molecule has 8 nitrogen and oxygen atoms in total. The lowest BCUT2D eigenvalue weighted by Gasteiger charge is -2.59. The molecule has 0 aromatic rings. The summed E-state index contributed by atoms with van der Waals surface area (Å²) in [6.07, 6.45) is 6.15. The second kappa shape index (κ2) is 9.45. The summed E-state index contributed by atoms with van der Waals surface area (Å²) in [5, 5.41) is 2.67. The van der Waals surface area contributed by atoms with Gasteiger partial charge in [0.25, 0.3) is 0 Å². The zero-order valence-corrected chi connectivity index (χ0v) is 24.7. The molecule has 11 atom stereocenters. The van der Waals surface area contributed by atoms with Crippen LogP contribution in [0.3, 0.4) is 0 Å². The quantitative estimate of drug-likeness (QED) is 0.306. The van der Waals surface area contributed by atoms with Crippen LogP contribution in [0.25, 0.3) is 0 Å². The monoisotopic (exact) mass is 545 g/mol. The lowest BCUT2D eigenvalue weighted by molar-refractivity contribution is -0.253. The van der Waals surface area contributed by atoms with Crippen molar-refractivity contribution < 1.29 is 33.3 Å². The van der Waals surface area contributed by atoms with E-state index in [9.17, 15) is 9.59 Å². The Morgan fingerprint density at radius 3 is 2.44 bits per heavy atom. The zero-order valence-electron chi connectivity index (χ0n) is 24.7. The van der Waals surface area contributed by atoms with Crippen molar-refractivity contribution in [1.82, 2.24) is 5.32 Å². The number of carbonyl (C=O) groups excluding carboxylic acids is 2. The van der Waals surface area contributed by atoms with Crippen molar-refractivity contribution in [3.8, 4) is 0 Å². The van der Waals surface area contributed by atoms with Crippen LogP contribution in [0.4, 0.5) is 4.79 Å². The first-order chi connectivity index (χ1) is 18.4. The molecule has 0 bridgehead atoms. The molecule has 0 spiro atoms. The van der Waals surface area contributed by atoms with Crippen LogP contribution >= 0.6 is 0 Å². The van der Waals surface area contributed by atoms with Crippen molar-refractivity contribution in [2.45, 2.75) is 104 Å². The van der Waals surface area contributed by atoms with Crippen molar-refractivity contribution in [3.05, 3.63) is 11.6 Å². The summed E-state index contributed by atoms with van der Waals surface area (Å²) < 4.78 is 30.6. The minimum Gasteiger partial charge on any atom is -0.459 e. The van der Waals surface area contributed by atoms with Crippen LogP contribution < -0.4 is 5.32 Å². The van der Waals surface area contributed by atoms with E-state index in [4.69, 9.17) is 23.7 Å². The van der Waals surface area contributed by atoms with Gasteiger partial charge in [0.15, 0.2) is 6.29 Å². The van der Waals surface area contributed by atoms with Crippen molar-refractivity contribution in [3.63, 3.8) is 0 Å². The number of epoxide rings is 1. The Bertz CT molecular complexity index is 1030. The Kier molecular flexibility index (Phi) is 6.67.